The van der Waals surface area contributed by atoms with Gasteiger partial charge in [-0.25, -0.2) is 8.78 Å². The molecule has 0 aliphatic carbocycles. The Morgan fingerprint density at radius 1 is 1.50 bits per heavy atom. The normalized spacial score (nSPS) is 10.6. The highest BCUT2D eigenvalue weighted by molar-refractivity contribution is 6.34. The molecule has 8 heteroatoms. The van der Waals surface area contributed by atoms with Crippen molar-refractivity contribution in [1.82, 2.24) is 9.78 Å². The number of nitrogens with zero attached hydrogens (tertiary/aromatic N) is 2. The van der Waals surface area contributed by atoms with Crippen LogP contribution in [0.3, 0.4) is 0 Å². The van der Waals surface area contributed by atoms with Crippen LogP contribution in [0.15, 0.2) is 18.3 Å². The number of benzene rings is 1. The molecule has 0 aliphatic heterocycles. The Morgan fingerprint density at radius 2 is 2.20 bits per heavy atom. The molecule has 106 valence electrons. The Labute approximate surface area is 118 Å². The van der Waals surface area contributed by atoms with Gasteiger partial charge in [0.1, 0.15) is 5.82 Å². The van der Waals surface area contributed by atoms with E-state index in [4.69, 9.17) is 17.3 Å². The van der Waals surface area contributed by atoms with Crippen molar-refractivity contribution in [2.24, 2.45) is 0 Å². The van der Waals surface area contributed by atoms with Crippen molar-refractivity contribution in [3.8, 4) is 0 Å². The summed E-state index contributed by atoms with van der Waals surface area (Å²) in [4.78, 5) is 12.0. The summed E-state index contributed by atoms with van der Waals surface area (Å²) in [5.41, 5.74) is 5.43. The molecular weight excluding hydrogens is 290 g/mol. The first-order valence-electron chi connectivity index (χ1n) is 5.71. The van der Waals surface area contributed by atoms with Crippen LogP contribution in [0, 0.1) is 11.6 Å². The second kappa shape index (κ2) is 5.46. The van der Waals surface area contributed by atoms with E-state index in [1.54, 1.807) is 0 Å². The number of amides is 1. The Balaban J connectivity index is 2.30. The van der Waals surface area contributed by atoms with Crippen molar-refractivity contribution in [2.45, 2.75) is 13.5 Å². The highest BCUT2D eigenvalue weighted by Crippen LogP contribution is 2.27. The molecule has 0 radical (unpaired) electrons. The first kappa shape index (κ1) is 14.3. The fourth-order valence-corrected chi connectivity index (χ4v) is 1.85. The van der Waals surface area contributed by atoms with Gasteiger partial charge in [0.05, 0.1) is 16.4 Å². The SMILES string of the molecule is CCn1cc(N)c(C(=O)Nc2c(F)cc(F)cc2Cl)n1. The van der Waals surface area contributed by atoms with Gasteiger partial charge in [-0.2, -0.15) is 5.10 Å². The number of nitrogen functional groups attached to an aromatic ring is 1. The van der Waals surface area contributed by atoms with Crippen molar-refractivity contribution in [3.63, 3.8) is 0 Å². The predicted octanol–water partition coefficient (Wildman–Crippen LogP) is 2.67. The van der Waals surface area contributed by atoms with Crippen molar-refractivity contribution in [1.29, 1.82) is 0 Å². The third-order valence-corrected chi connectivity index (χ3v) is 2.87. The van der Waals surface area contributed by atoms with Crippen LogP contribution in [0.25, 0.3) is 0 Å². The molecule has 1 aromatic heterocycles. The molecule has 1 heterocycles. The molecule has 20 heavy (non-hydrogen) atoms. The quantitative estimate of drug-likeness (QED) is 0.915. The molecule has 2 rings (SSSR count). The molecule has 1 amide bonds. The van der Waals surface area contributed by atoms with Crippen LogP contribution in [0.4, 0.5) is 20.2 Å². The zero-order valence-electron chi connectivity index (χ0n) is 10.5. The van der Waals surface area contributed by atoms with Crippen molar-refractivity contribution in [3.05, 3.63) is 40.7 Å². The Bertz CT molecular complexity index is 648. The van der Waals surface area contributed by atoms with E-state index in [2.05, 4.69) is 10.4 Å². The number of aromatic nitrogens is 2. The lowest BCUT2D eigenvalue weighted by molar-refractivity contribution is 0.102. The molecule has 0 fully saturated rings. The minimum absolute atomic E-state index is 0.0494. The van der Waals surface area contributed by atoms with Gasteiger partial charge in [-0.1, -0.05) is 11.6 Å². The van der Waals surface area contributed by atoms with E-state index >= 15 is 0 Å². The number of anilines is 2. The van der Waals surface area contributed by atoms with Crippen molar-refractivity contribution in [2.75, 3.05) is 11.1 Å². The maximum Gasteiger partial charge on any atom is 0.278 e. The molecule has 3 N–H and O–H groups in total. The molecule has 1 aromatic carbocycles. The van der Waals surface area contributed by atoms with Gasteiger partial charge < -0.3 is 11.1 Å². The van der Waals surface area contributed by atoms with Crippen molar-refractivity contribution < 1.29 is 13.6 Å². The van der Waals surface area contributed by atoms with Gasteiger partial charge in [-0.05, 0) is 13.0 Å². The van der Waals surface area contributed by atoms with E-state index < -0.39 is 17.5 Å². The molecular formula is C12H11ClF2N4O. The maximum absolute atomic E-state index is 13.6. The van der Waals surface area contributed by atoms with E-state index in [0.717, 1.165) is 6.07 Å². The zero-order chi connectivity index (χ0) is 14.9. The van der Waals surface area contributed by atoms with Gasteiger partial charge >= 0.3 is 0 Å². The number of rotatable bonds is 3. The number of carbonyl (C=O) groups excluding carboxylic acids is 1. The molecule has 0 aliphatic rings. The number of nitrogens with two attached hydrogens (primary N) is 1. The molecule has 0 bridgehead atoms. The van der Waals surface area contributed by atoms with Crippen LogP contribution in [0.5, 0.6) is 0 Å². The second-order valence-electron chi connectivity index (χ2n) is 3.99. The van der Waals surface area contributed by atoms with Gasteiger partial charge in [0.15, 0.2) is 11.5 Å². The Morgan fingerprint density at radius 3 is 2.75 bits per heavy atom. The predicted molar refractivity (Wildman–Crippen MR) is 71.6 cm³/mol. The number of nitrogens with one attached hydrogen (secondary N) is 1. The van der Waals surface area contributed by atoms with Gasteiger partial charge in [-0.3, -0.25) is 9.48 Å². The van der Waals surface area contributed by atoms with Gasteiger partial charge in [-0.15, -0.1) is 0 Å². The van der Waals surface area contributed by atoms with Crippen LogP contribution in [0.1, 0.15) is 17.4 Å². The molecule has 0 saturated carbocycles. The number of hydrogen-bond donors (Lipinski definition) is 2. The van der Waals surface area contributed by atoms with E-state index in [9.17, 15) is 13.6 Å². The number of hydrogen-bond acceptors (Lipinski definition) is 3. The van der Waals surface area contributed by atoms with Crippen LogP contribution in [-0.2, 0) is 6.54 Å². The highest BCUT2D eigenvalue weighted by atomic mass is 35.5. The average Bonchev–Trinajstić information content (AvgIpc) is 2.75. The van der Waals surface area contributed by atoms with Crippen LogP contribution in [0.2, 0.25) is 5.02 Å². The molecule has 2 aromatic rings. The summed E-state index contributed by atoms with van der Waals surface area (Å²) in [5.74, 6) is -2.53. The summed E-state index contributed by atoms with van der Waals surface area (Å²) in [6.07, 6.45) is 1.48. The molecule has 0 atom stereocenters. The molecule has 0 unspecified atom stereocenters. The van der Waals surface area contributed by atoms with Gasteiger partial charge in [0.2, 0.25) is 0 Å². The third kappa shape index (κ3) is 2.72. The van der Waals surface area contributed by atoms with Crippen molar-refractivity contribution >= 4 is 28.9 Å². The van der Waals surface area contributed by atoms with Gasteiger partial charge in [0, 0.05) is 18.8 Å². The monoisotopic (exact) mass is 300 g/mol. The van der Waals surface area contributed by atoms with E-state index in [-0.39, 0.29) is 22.1 Å². The third-order valence-electron chi connectivity index (χ3n) is 2.57. The lowest BCUT2D eigenvalue weighted by Gasteiger charge is -2.07. The standard InChI is InChI=1S/C12H11ClF2N4O/c1-2-19-5-9(16)11(18-19)12(20)17-10-7(13)3-6(14)4-8(10)15/h3-5H,2,16H2,1H3,(H,17,20). The number of halogens is 3. The topological polar surface area (TPSA) is 72.9 Å². The fourth-order valence-electron chi connectivity index (χ4n) is 1.61. The summed E-state index contributed by atoms with van der Waals surface area (Å²) >= 11 is 5.69. The lowest BCUT2D eigenvalue weighted by Crippen LogP contribution is -2.16. The van der Waals surface area contributed by atoms with Gasteiger partial charge in [0.25, 0.3) is 5.91 Å². The summed E-state index contributed by atoms with van der Waals surface area (Å²) in [7, 11) is 0. The summed E-state index contributed by atoms with van der Waals surface area (Å²) in [6, 6.07) is 1.52. The Hall–Kier alpha value is -2.15. The number of carbonyl (C=O) groups is 1. The first-order chi connectivity index (χ1) is 9.42. The van der Waals surface area contributed by atoms with Crippen LogP contribution in [-0.4, -0.2) is 15.7 Å². The minimum Gasteiger partial charge on any atom is -0.396 e. The molecule has 0 spiro atoms. The van der Waals surface area contributed by atoms with E-state index in [1.165, 1.54) is 10.9 Å². The average molecular weight is 301 g/mol. The maximum atomic E-state index is 13.6. The van der Waals surface area contributed by atoms with Crippen LogP contribution < -0.4 is 11.1 Å². The summed E-state index contributed by atoms with van der Waals surface area (Å²) < 4.78 is 27.9. The first-order valence-corrected chi connectivity index (χ1v) is 6.09. The summed E-state index contributed by atoms with van der Waals surface area (Å²) in [6.45, 7) is 2.35. The lowest BCUT2D eigenvalue weighted by atomic mass is 10.2. The highest BCUT2D eigenvalue weighted by Gasteiger charge is 2.18. The second-order valence-corrected chi connectivity index (χ2v) is 4.39. The smallest absolute Gasteiger partial charge is 0.278 e. The van der Waals surface area contributed by atoms with E-state index in [0.29, 0.717) is 12.6 Å². The molecule has 5 nitrogen and oxygen atoms in total. The number of aryl methyl sites for hydroxylation is 1. The minimum atomic E-state index is -0.975. The summed E-state index contributed by atoms with van der Waals surface area (Å²) in [5, 5.41) is 5.93. The Kier molecular flexibility index (Phi) is 3.89. The van der Waals surface area contributed by atoms with Crippen LogP contribution >= 0.6 is 11.6 Å². The molecule has 0 saturated heterocycles. The fraction of sp³-hybridized carbons (Fsp3) is 0.167. The largest absolute Gasteiger partial charge is 0.396 e. The zero-order valence-corrected chi connectivity index (χ0v) is 11.2. The van der Waals surface area contributed by atoms with E-state index in [1.807, 2.05) is 6.92 Å².